The van der Waals surface area contributed by atoms with Crippen molar-refractivity contribution in [1.82, 2.24) is 4.98 Å². The van der Waals surface area contributed by atoms with Crippen molar-refractivity contribution in [2.24, 2.45) is 0 Å². The molecule has 1 heterocycles. The Bertz CT molecular complexity index is 671. The number of halogens is 4. The molecule has 0 unspecified atom stereocenters. The molecule has 0 saturated carbocycles. The standard InChI is InChI=1S/C13H7ClF3NO3/c14-10-5-8(6-18-11(10)12(19)20)7-1-3-9(4-2-7)21-13(15,16)17/h1-6H,(H,19,20). The van der Waals surface area contributed by atoms with E-state index in [-0.39, 0.29) is 16.5 Å². The van der Waals surface area contributed by atoms with Gasteiger partial charge in [0.2, 0.25) is 0 Å². The van der Waals surface area contributed by atoms with E-state index in [0.717, 1.165) is 12.1 Å². The van der Waals surface area contributed by atoms with Crippen molar-refractivity contribution in [2.45, 2.75) is 6.36 Å². The molecule has 110 valence electrons. The number of hydrogen-bond donors (Lipinski definition) is 1. The molecule has 0 saturated heterocycles. The molecule has 1 aromatic carbocycles. The lowest BCUT2D eigenvalue weighted by molar-refractivity contribution is -0.274. The van der Waals surface area contributed by atoms with Crippen molar-refractivity contribution >= 4 is 17.6 Å². The number of aromatic nitrogens is 1. The number of ether oxygens (including phenoxy) is 1. The van der Waals surface area contributed by atoms with Crippen LogP contribution in [0.4, 0.5) is 13.2 Å². The molecule has 0 amide bonds. The zero-order valence-electron chi connectivity index (χ0n) is 10.2. The summed E-state index contributed by atoms with van der Waals surface area (Å²) >= 11 is 5.78. The maximum atomic E-state index is 12.0. The van der Waals surface area contributed by atoms with Gasteiger partial charge in [0.05, 0.1) is 5.02 Å². The normalized spacial score (nSPS) is 11.2. The summed E-state index contributed by atoms with van der Waals surface area (Å²) in [6, 6.07) is 6.42. The van der Waals surface area contributed by atoms with E-state index in [4.69, 9.17) is 16.7 Å². The van der Waals surface area contributed by atoms with E-state index in [1.807, 2.05) is 0 Å². The summed E-state index contributed by atoms with van der Waals surface area (Å²) in [6.07, 6.45) is -3.48. The molecular weight excluding hydrogens is 311 g/mol. The Kier molecular flexibility index (Phi) is 4.04. The Balaban J connectivity index is 2.27. The van der Waals surface area contributed by atoms with Crippen LogP contribution in [0.25, 0.3) is 11.1 Å². The van der Waals surface area contributed by atoms with E-state index < -0.39 is 12.3 Å². The summed E-state index contributed by atoms with van der Waals surface area (Å²) in [6.45, 7) is 0. The molecule has 2 aromatic rings. The first-order valence-corrected chi connectivity index (χ1v) is 5.89. The van der Waals surface area contributed by atoms with Crippen LogP contribution in [0, 0.1) is 0 Å². The van der Waals surface area contributed by atoms with Gasteiger partial charge in [0.15, 0.2) is 5.69 Å². The van der Waals surface area contributed by atoms with Crippen molar-refractivity contribution in [3.05, 3.63) is 47.2 Å². The zero-order valence-corrected chi connectivity index (χ0v) is 10.9. The van der Waals surface area contributed by atoms with Gasteiger partial charge >= 0.3 is 12.3 Å². The number of nitrogens with zero attached hydrogens (tertiary/aromatic N) is 1. The first kappa shape index (κ1) is 15.1. The fourth-order valence-corrected chi connectivity index (χ4v) is 1.85. The van der Waals surface area contributed by atoms with Gasteiger partial charge in [-0.3, -0.25) is 0 Å². The number of benzene rings is 1. The molecule has 0 aliphatic heterocycles. The Hall–Kier alpha value is -2.28. The highest BCUT2D eigenvalue weighted by molar-refractivity contribution is 6.33. The number of alkyl halides is 3. The summed E-state index contributed by atoms with van der Waals surface area (Å²) in [5, 5.41) is 8.74. The third-order valence-corrected chi connectivity index (χ3v) is 2.75. The van der Waals surface area contributed by atoms with Crippen molar-refractivity contribution in [1.29, 1.82) is 0 Å². The molecule has 0 atom stereocenters. The molecular formula is C13H7ClF3NO3. The largest absolute Gasteiger partial charge is 0.573 e. The lowest BCUT2D eigenvalue weighted by atomic mass is 10.1. The van der Waals surface area contributed by atoms with E-state index in [1.165, 1.54) is 24.4 Å². The molecule has 8 heteroatoms. The summed E-state index contributed by atoms with van der Waals surface area (Å²) in [5.41, 5.74) is 0.705. The maximum Gasteiger partial charge on any atom is 0.573 e. The molecule has 0 fully saturated rings. The SMILES string of the molecule is O=C(O)c1ncc(-c2ccc(OC(F)(F)F)cc2)cc1Cl. The van der Waals surface area contributed by atoms with Crippen LogP contribution in [0.15, 0.2) is 36.5 Å². The molecule has 1 N–H and O–H groups in total. The number of carbonyl (C=O) groups is 1. The Morgan fingerprint density at radius 2 is 1.81 bits per heavy atom. The minimum Gasteiger partial charge on any atom is -0.476 e. The van der Waals surface area contributed by atoms with Crippen LogP contribution in [-0.2, 0) is 0 Å². The Labute approximate surface area is 121 Å². The topological polar surface area (TPSA) is 59.4 Å². The number of hydrogen-bond acceptors (Lipinski definition) is 3. The van der Waals surface area contributed by atoms with Gasteiger partial charge < -0.3 is 9.84 Å². The second-order valence-corrected chi connectivity index (χ2v) is 4.34. The van der Waals surface area contributed by atoms with E-state index in [2.05, 4.69) is 9.72 Å². The number of rotatable bonds is 3. The van der Waals surface area contributed by atoms with Gasteiger partial charge in [0.25, 0.3) is 0 Å². The smallest absolute Gasteiger partial charge is 0.476 e. The average Bonchev–Trinajstić information content (AvgIpc) is 2.37. The number of carboxylic acid groups (broad SMARTS) is 1. The van der Waals surface area contributed by atoms with E-state index >= 15 is 0 Å². The van der Waals surface area contributed by atoms with Crippen LogP contribution in [0.5, 0.6) is 5.75 Å². The summed E-state index contributed by atoms with van der Waals surface area (Å²) in [5.74, 6) is -1.62. The number of aromatic carboxylic acids is 1. The third-order valence-electron chi connectivity index (χ3n) is 2.46. The molecule has 1 aromatic heterocycles. The van der Waals surface area contributed by atoms with Crippen LogP contribution < -0.4 is 4.74 Å². The fraction of sp³-hybridized carbons (Fsp3) is 0.0769. The van der Waals surface area contributed by atoms with Crippen molar-refractivity contribution < 1.29 is 27.8 Å². The van der Waals surface area contributed by atoms with Crippen molar-refractivity contribution in [2.75, 3.05) is 0 Å². The van der Waals surface area contributed by atoms with Gasteiger partial charge in [-0.25, -0.2) is 9.78 Å². The number of carboxylic acids is 1. The van der Waals surface area contributed by atoms with Gasteiger partial charge in [-0.05, 0) is 23.8 Å². The zero-order chi connectivity index (χ0) is 15.6. The molecule has 21 heavy (non-hydrogen) atoms. The van der Waals surface area contributed by atoms with Gasteiger partial charge in [0, 0.05) is 11.8 Å². The highest BCUT2D eigenvalue weighted by Crippen LogP contribution is 2.28. The van der Waals surface area contributed by atoms with Crippen LogP contribution >= 0.6 is 11.6 Å². The molecule has 0 aliphatic rings. The van der Waals surface area contributed by atoms with Crippen LogP contribution in [0.3, 0.4) is 0 Å². The predicted molar refractivity (Wildman–Crippen MR) is 68.3 cm³/mol. The second-order valence-electron chi connectivity index (χ2n) is 3.93. The summed E-state index contributed by atoms with van der Waals surface area (Å²) in [7, 11) is 0. The van der Waals surface area contributed by atoms with Crippen LogP contribution in [-0.4, -0.2) is 22.4 Å². The molecule has 0 aliphatic carbocycles. The van der Waals surface area contributed by atoms with Gasteiger partial charge in [0.1, 0.15) is 5.75 Å². The minimum atomic E-state index is -4.75. The van der Waals surface area contributed by atoms with Crippen LogP contribution in [0.1, 0.15) is 10.5 Å². The first-order valence-electron chi connectivity index (χ1n) is 5.51. The Morgan fingerprint density at radius 1 is 1.19 bits per heavy atom. The lowest BCUT2D eigenvalue weighted by Gasteiger charge is -2.09. The maximum absolute atomic E-state index is 12.0. The molecule has 4 nitrogen and oxygen atoms in total. The quantitative estimate of drug-likeness (QED) is 0.929. The minimum absolute atomic E-state index is 0.0596. The predicted octanol–water partition coefficient (Wildman–Crippen LogP) is 4.00. The second kappa shape index (κ2) is 5.61. The molecule has 2 rings (SSSR count). The lowest BCUT2D eigenvalue weighted by Crippen LogP contribution is -2.16. The summed E-state index contributed by atoms with van der Waals surface area (Å²) in [4.78, 5) is 14.5. The molecule has 0 bridgehead atoms. The molecule has 0 spiro atoms. The highest BCUT2D eigenvalue weighted by atomic mass is 35.5. The van der Waals surface area contributed by atoms with Crippen LogP contribution in [0.2, 0.25) is 5.02 Å². The monoisotopic (exact) mass is 317 g/mol. The average molecular weight is 318 g/mol. The number of pyridine rings is 1. The third kappa shape index (κ3) is 3.85. The highest BCUT2D eigenvalue weighted by Gasteiger charge is 2.30. The van der Waals surface area contributed by atoms with Gasteiger partial charge in [-0.2, -0.15) is 0 Å². The first-order chi connectivity index (χ1) is 9.76. The summed E-state index contributed by atoms with van der Waals surface area (Å²) < 4.78 is 39.8. The Morgan fingerprint density at radius 3 is 2.29 bits per heavy atom. The molecule has 0 radical (unpaired) electrons. The fourth-order valence-electron chi connectivity index (χ4n) is 1.60. The van der Waals surface area contributed by atoms with Gasteiger partial charge in [-0.1, -0.05) is 23.7 Å². The van der Waals surface area contributed by atoms with Crippen molar-refractivity contribution in [3.8, 4) is 16.9 Å². The van der Waals surface area contributed by atoms with Crippen molar-refractivity contribution in [3.63, 3.8) is 0 Å². The van der Waals surface area contributed by atoms with E-state index in [9.17, 15) is 18.0 Å². The van der Waals surface area contributed by atoms with E-state index in [0.29, 0.717) is 11.1 Å². The van der Waals surface area contributed by atoms with E-state index in [1.54, 1.807) is 0 Å². The van der Waals surface area contributed by atoms with Gasteiger partial charge in [-0.15, -0.1) is 13.2 Å².